The highest BCUT2D eigenvalue weighted by atomic mass is 35.5. The van der Waals surface area contributed by atoms with Crippen molar-refractivity contribution in [2.24, 2.45) is 0 Å². The summed E-state index contributed by atoms with van der Waals surface area (Å²) in [6.45, 7) is 5.07. The predicted molar refractivity (Wildman–Crippen MR) is 76.6 cm³/mol. The molecule has 0 saturated heterocycles. The van der Waals surface area contributed by atoms with Gasteiger partial charge in [-0.2, -0.15) is 0 Å². The standard InChI is InChI=1S/C15H23ClFN/c1-3-5-6-7-8-15(18-4-2)13-11-12(16)9-10-14(13)17/h9-11,15,18H,3-8H2,1-2H3. The maximum Gasteiger partial charge on any atom is 0.128 e. The minimum Gasteiger partial charge on any atom is -0.310 e. The zero-order valence-electron chi connectivity index (χ0n) is 11.3. The zero-order chi connectivity index (χ0) is 13.4. The molecule has 18 heavy (non-hydrogen) atoms. The molecule has 1 N–H and O–H groups in total. The highest BCUT2D eigenvalue weighted by Crippen LogP contribution is 2.25. The van der Waals surface area contributed by atoms with Crippen molar-refractivity contribution in [2.45, 2.75) is 52.0 Å². The Kier molecular flexibility index (Phi) is 7.29. The molecule has 0 aliphatic rings. The fraction of sp³-hybridized carbons (Fsp3) is 0.600. The number of unbranched alkanes of at least 4 members (excludes halogenated alkanes) is 3. The highest BCUT2D eigenvalue weighted by molar-refractivity contribution is 6.30. The number of halogens is 2. The first kappa shape index (κ1) is 15.5. The van der Waals surface area contributed by atoms with Gasteiger partial charge in [-0.05, 0) is 31.2 Å². The van der Waals surface area contributed by atoms with Crippen LogP contribution in [-0.4, -0.2) is 6.54 Å². The quantitative estimate of drug-likeness (QED) is 0.649. The van der Waals surface area contributed by atoms with Crippen molar-refractivity contribution in [1.29, 1.82) is 0 Å². The Bertz CT molecular complexity index is 354. The first-order valence-electron chi connectivity index (χ1n) is 6.87. The minimum absolute atomic E-state index is 0.0746. The van der Waals surface area contributed by atoms with E-state index in [1.165, 1.54) is 25.3 Å². The van der Waals surface area contributed by atoms with Gasteiger partial charge in [0.1, 0.15) is 5.82 Å². The van der Waals surface area contributed by atoms with Gasteiger partial charge < -0.3 is 5.32 Å². The second-order valence-electron chi connectivity index (χ2n) is 4.63. The van der Waals surface area contributed by atoms with Gasteiger partial charge in [-0.25, -0.2) is 4.39 Å². The Labute approximate surface area is 115 Å². The number of rotatable bonds is 8. The van der Waals surface area contributed by atoms with E-state index < -0.39 is 0 Å². The lowest BCUT2D eigenvalue weighted by Gasteiger charge is -2.19. The molecule has 1 aromatic rings. The summed E-state index contributed by atoms with van der Waals surface area (Å²) in [7, 11) is 0. The Morgan fingerprint density at radius 3 is 2.67 bits per heavy atom. The molecule has 1 atom stereocenters. The van der Waals surface area contributed by atoms with E-state index in [0.29, 0.717) is 10.6 Å². The van der Waals surface area contributed by atoms with Gasteiger partial charge in [-0.1, -0.05) is 51.1 Å². The van der Waals surface area contributed by atoms with E-state index in [-0.39, 0.29) is 11.9 Å². The lowest BCUT2D eigenvalue weighted by Crippen LogP contribution is -2.22. The molecule has 0 amide bonds. The van der Waals surface area contributed by atoms with Gasteiger partial charge in [-0.15, -0.1) is 0 Å². The monoisotopic (exact) mass is 271 g/mol. The van der Waals surface area contributed by atoms with Crippen molar-refractivity contribution in [1.82, 2.24) is 5.32 Å². The van der Waals surface area contributed by atoms with E-state index in [2.05, 4.69) is 12.2 Å². The molecule has 0 heterocycles. The number of hydrogen-bond donors (Lipinski definition) is 1. The van der Waals surface area contributed by atoms with Gasteiger partial charge in [-0.3, -0.25) is 0 Å². The molecule has 0 spiro atoms. The molecule has 1 rings (SSSR count). The van der Waals surface area contributed by atoms with E-state index in [1.54, 1.807) is 12.1 Å². The molecule has 102 valence electrons. The lowest BCUT2D eigenvalue weighted by molar-refractivity contribution is 0.461. The van der Waals surface area contributed by atoms with E-state index in [9.17, 15) is 4.39 Å². The average molecular weight is 272 g/mol. The predicted octanol–water partition coefficient (Wildman–Crippen LogP) is 5.10. The summed E-state index contributed by atoms with van der Waals surface area (Å²) in [5.74, 6) is -0.166. The van der Waals surface area contributed by atoms with Crippen LogP contribution in [0.4, 0.5) is 4.39 Å². The lowest BCUT2D eigenvalue weighted by atomic mass is 9.99. The topological polar surface area (TPSA) is 12.0 Å². The Hall–Kier alpha value is -0.600. The van der Waals surface area contributed by atoms with Crippen LogP contribution < -0.4 is 5.32 Å². The molecule has 0 radical (unpaired) electrons. The molecule has 0 saturated carbocycles. The normalized spacial score (nSPS) is 12.7. The summed E-state index contributed by atoms with van der Waals surface area (Å²) in [6.07, 6.45) is 5.76. The van der Waals surface area contributed by atoms with Crippen LogP contribution in [0.2, 0.25) is 5.02 Å². The van der Waals surface area contributed by atoms with Gasteiger partial charge in [0.05, 0.1) is 0 Å². The van der Waals surface area contributed by atoms with Crippen molar-refractivity contribution in [2.75, 3.05) is 6.54 Å². The fourth-order valence-corrected chi connectivity index (χ4v) is 2.35. The summed E-state index contributed by atoms with van der Waals surface area (Å²) < 4.78 is 13.8. The minimum atomic E-state index is -0.166. The molecule has 1 aromatic carbocycles. The maximum atomic E-state index is 13.8. The van der Waals surface area contributed by atoms with Gasteiger partial charge in [0, 0.05) is 16.6 Å². The van der Waals surface area contributed by atoms with Crippen molar-refractivity contribution in [3.8, 4) is 0 Å². The number of benzene rings is 1. The van der Waals surface area contributed by atoms with E-state index in [4.69, 9.17) is 11.6 Å². The third-order valence-electron chi connectivity index (χ3n) is 3.13. The largest absolute Gasteiger partial charge is 0.310 e. The third-order valence-corrected chi connectivity index (χ3v) is 3.37. The Balaban J connectivity index is 2.67. The van der Waals surface area contributed by atoms with E-state index in [0.717, 1.165) is 19.4 Å². The van der Waals surface area contributed by atoms with E-state index >= 15 is 0 Å². The maximum absolute atomic E-state index is 13.8. The first-order valence-corrected chi connectivity index (χ1v) is 7.25. The van der Waals surface area contributed by atoms with Crippen LogP contribution in [0.5, 0.6) is 0 Å². The second-order valence-corrected chi connectivity index (χ2v) is 5.06. The molecule has 0 fully saturated rings. The molecular formula is C15H23ClFN. The SMILES string of the molecule is CCCCCCC(NCC)c1cc(Cl)ccc1F. The van der Waals surface area contributed by atoms with E-state index in [1.807, 2.05) is 6.92 Å². The van der Waals surface area contributed by atoms with Crippen molar-refractivity contribution < 1.29 is 4.39 Å². The molecule has 0 aromatic heterocycles. The molecule has 1 nitrogen and oxygen atoms in total. The third kappa shape index (κ3) is 4.95. The van der Waals surface area contributed by atoms with Crippen LogP contribution in [0, 0.1) is 5.82 Å². The van der Waals surface area contributed by atoms with Gasteiger partial charge in [0.2, 0.25) is 0 Å². The van der Waals surface area contributed by atoms with Crippen LogP contribution in [-0.2, 0) is 0 Å². The van der Waals surface area contributed by atoms with Crippen LogP contribution >= 0.6 is 11.6 Å². The average Bonchev–Trinajstić information content (AvgIpc) is 2.36. The zero-order valence-corrected chi connectivity index (χ0v) is 12.1. The smallest absolute Gasteiger partial charge is 0.128 e. The van der Waals surface area contributed by atoms with Crippen LogP contribution in [0.15, 0.2) is 18.2 Å². The molecule has 1 unspecified atom stereocenters. The molecule has 0 aliphatic heterocycles. The van der Waals surface area contributed by atoms with Crippen molar-refractivity contribution in [3.63, 3.8) is 0 Å². The summed E-state index contributed by atoms with van der Waals surface area (Å²) in [6, 6.07) is 4.86. The van der Waals surface area contributed by atoms with Crippen LogP contribution in [0.1, 0.15) is 57.6 Å². The molecular weight excluding hydrogens is 249 g/mol. The summed E-state index contributed by atoms with van der Waals surface area (Å²) in [5.41, 5.74) is 0.695. The van der Waals surface area contributed by atoms with Crippen LogP contribution in [0.3, 0.4) is 0 Å². The first-order chi connectivity index (χ1) is 8.69. The van der Waals surface area contributed by atoms with Crippen LogP contribution in [0.25, 0.3) is 0 Å². The summed E-state index contributed by atoms with van der Waals surface area (Å²) in [4.78, 5) is 0. The fourth-order valence-electron chi connectivity index (χ4n) is 2.17. The van der Waals surface area contributed by atoms with Gasteiger partial charge in [0.15, 0.2) is 0 Å². The summed E-state index contributed by atoms with van der Waals surface area (Å²) >= 11 is 5.95. The second kappa shape index (κ2) is 8.49. The highest BCUT2D eigenvalue weighted by Gasteiger charge is 2.14. The summed E-state index contributed by atoms with van der Waals surface area (Å²) in [5, 5.41) is 3.95. The van der Waals surface area contributed by atoms with Crippen molar-refractivity contribution in [3.05, 3.63) is 34.6 Å². The Morgan fingerprint density at radius 2 is 2.00 bits per heavy atom. The molecule has 0 bridgehead atoms. The molecule has 0 aliphatic carbocycles. The van der Waals surface area contributed by atoms with Gasteiger partial charge in [0.25, 0.3) is 0 Å². The molecule has 3 heteroatoms. The Morgan fingerprint density at radius 1 is 1.22 bits per heavy atom. The van der Waals surface area contributed by atoms with Gasteiger partial charge >= 0.3 is 0 Å². The van der Waals surface area contributed by atoms with Crippen molar-refractivity contribution >= 4 is 11.6 Å². The number of hydrogen-bond acceptors (Lipinski definition) is 1. The number of nitrogens with one attached hydrogen (secondary N) is 1.